The van der Waals surface area contributed by atoms with Crippen LogP contribution in [0.4, 0.5) is 0 Å². The van der Waals surface area contributed by atoms with Gasteiger partial charge in [-0.25, -0.2) is 0 Å². The van der Waals surface area contributed by atoms with Gasteiger partial charge in [0, 0.05) is 26.7 Å². The quantitative estimate of drug-likeness (QED) is 0.241. The maximum absolute atomic E-state index is 5.39. The fourth-order valence-corrected chi connectivity index (χ4v) is 1.52. The average molecular weight is 401 g/mol. The van der Waals surface area contributed by atoms with E-state index in [1.807, 2.05) is 0 Å². The number of nitrogens with zero attached hydrogens (tertiary/aromatic N) is 1. The molecule has 0 aromatic carbocycles. The Labute approximate surface area is 141 Å². The van der Waals surface area contributed by atoms with Gasteiger partial charge in [0.2, 0.25) is 0 Å². The lowest BCUT2D eigenvalue weighted by Crippen LogP contribution is -2.39. The second-order valence-corrected chi connectivity index (χ2v) is 4.83. The van der Waals surface area contributed by atoms with Crippen molar-refractivity contribution in [2.45, 2.75) is 33.6 Å². The van der Waals surface area contributed by atoms with E-state index in [2.05, 4.69) is 36.4 Å². The largest absolute Gasteiger partial charge is 0.382 e. The number of ether oxygens (including phenoxy) is 2. The smallest absolute Gasteiger partial charge is 0.191 e. The monoisotopic (exact) mass is 401 g/mol. The highest BCUT2D eigenvalue weighted by molar-refractivity contribution is 14.0. The summed E-state index contributed by atoms with van der Waals surface area (Å²) in [6.07, 6.45) is 2.36. The summed E-state index contributed by atoms with van der Waals surface area (Å²) in [6, 6.07) is 0. The molecule has 0 saturated heterocycles. The van der Waals surface area contributed by atoms with Gasteiger partial charge in [0.15, 0.2) is 5.96 Å². The summed E-state index contributed by atoms with van der Waals surface area (Å²) in [4.78, 5) is 4.53. The van der Waals surface area contributed by atoms with Crippen LogP contribution in [0.5, 0.6) is 0 Å². The molecule has 0 unspecified atom stereocenters. The molecule has 0 heterocycles. The summed E-state index contributed by atoms with van der Waals surface area (Å²) < 4.78 is 10.3. The first-order valence-electron chi connectivity index (χ1n) is 7.29. The van der Waals surface area contributed by atoms with E-state index in [4.69, 9.17) is 9.47 Å². The number of rotatable bonds is 11. The van der Waals surface area contributed by atoms with E-state index < -0.39 is 0 Å². The van der Waals surface area contributed by atoms with Gasteiger partial charge in [-0.2, -0.15) is 0 Å². The first-order chi connectivity index (χ1) is 9.20. The van der Waals surface area contributed by atoms with Crippen LogP contribution in [0.1, 0.15) is 33.6 Å². The molecule has 0 radical (unpaired) electrons. The van der Waals surface area contributed by atoms with Crippen LogP contribution in [-0.2, 0) is 9.47 Å². The van der Waals surface area contributed by atoms with Gasteiger partial charge in [-0.15, -0.1) is 24.0 Å². The first kappa shape index (κ1) is 22.2. The summed E-state index contributed by atoms with van der Waals surface area (Å²) in [5, 5.41) is 6.49. The van der Waals surface area contributed by atoms with Gasteiger partial charge in [-0.1, -0.05) is 13.8 Å². The summed E-state index contributed by atoms with van der Waals surface area (Å²) in [5.41, 5.74) is 0. The Balaban J connectivity index is 0. The zero-order valence-corrected chi connectivity index (χ0v) is 15.7. The highest BCUT2D eigenvalue weighted by atomic mass is 127. The highest BCUT2D eigenvalue weighted by Gasteiger charge is 1.97. The minimum absolute atomic E-state index is 0. The number of hydrogen-bond acceptors (Lipinski definition) is 3. The molecular weight excluding hydrogens is 369 g/mol. The van der Waals surface area contributed by atoms with Crippen LogP contribution in [0.3, 0.4) is 0 Å². The minimum Gasteiger partial charge on any atom is -0.382 e. The van der Waals surface area contributed by atoms with Crippen molar-refractivity contribution < 1.29 is 9.47 Å². The summed E-state index contributed by atoms with van der Waals surface area (Å²) in [5.74, 6) is 1.63. The lowest BCUT2D eigenvalue weighted by molar-refractivity contribution is 0.0733. The van der Waals surface area contributed by atoms with E-state index in [1.54, 1.807) is 7.11 Å². The fraction of sp³-hybridized carbons (Fsp3) is 0.929. The zero-order valence-electron chi connectivity index (χ0n) is 13.4. The Kier molecular flexibility index (Phi) is 18.8. The van der Waals surface area contributed by atoms with Crippen molar-refractivity contribution in [3.05, 3.63) is 0 Å². The Morgan fingerprint density at radius 1 is 1.15 bits per heavy atom. The fourth-order valence-electron chi connectivity index (χ4n) is 1.52. The van der Waals surface area contributed by atoms with Crippen molar-refractivity contribution in [3.63, 3.8) is 0 Å². The third-order valence-electron chi connectivity index (χ3n) is 2.52. The van der Waals surface area contributed by atoms with Crippen molar-refractivity contribution in [2.24, 2.45) is 10.9 Å². The molecule has 0 aromatic rings. The van der Waals surface area contributed by atoms with Crippen LogP contribution < -0.4 is 10.6 Å². The van der Waals surface area contributed by atoms with Crippen LogP contribution in [0.2, 0.25) is 0 Å². The van der Waals surface area contributed by atoms with E-state index in [9.17, 15) is 0 Å². The average Bonchev–Trinajstić information content (AvgIpc) is 2.38. The molecule has 0 amide bonds. The maximum atomic E-state index is 5.39. The van der Waals surface area contributed by atoms with Gasteiger partial charge in [0.25, 0.3) is 0 Å². The van der Waals surface area contributed by atoms with Crippen LogP contribution in [-0.4, -0.2) is 52.5 Å². The first-order valence-corrected chi connectivity index (χ1v) is 7.29. The molecule has 0 aliphatic rings. The topological polar surface area (TPSA) is 54.9 Å². The SMILES string of the molecule is CCNC(=NCCCC(C)C)NCCOCCOC.I. The molecule has 122 valence electrons. The molecule has 2 N–H and O–H groups in total. The van der Waals surface area contributed by atoms with E-state index in [0.717, 1.165) is 37.9 Å². The lowest BCUT2D eigenvalue weighted by Gasteiger charge is -2.11. The van der Waals surface area contributed by atoms with E-state index in [-0.39, 0.29) is 24.0 Å². The number of methoxy groups -OCH3 is 1. The number of nitrogens with one attached hydrogen (secondary N) is 2. The zero-order chi connectivity index (χ0) is 14.3. The van der Waals surface area contributed by atoms with E-state index in [1.165, 1.54) is 6.42 Å². The van der Waals surface area contributed by atoms with Gasteiger partial charge in [0.1, 0.15) is 0 Å². The van der Waals surface area contributed by atoms with Gasteiger partial charge >= 0.3 is 0 Å². The van der Waals surface area contributed by atoms with E-state index >= 15 is 0 Å². The van der Waals surface area contributed by atoms with Crippen molar-refractivity contribution in [2.75, 3.05) is 46.6 Å². The van der Waals surface area contributed by atoms with Crippen molar-refractivity contribution >= 4 is 29.9 Å². The third-order valence-corrected chi connectivity index (χ3v) is 2.52. The predicted molar refractivity (Wildman–Crippen MR) is 96.2 cm³/mol. The molecule has 0 spiro atoms. The summed E-state index contributed by atoms with van der Waals surface area (Å²) in [7, 11) is 1.68. The Hall–Kier alpha value is -0.0800. The standard InChI is InChI=1S/C14H31N3O2.HI/c1-5-15-14(16-8-6-7-13(2)3)17-9-10-19-12-11-18-4;/h13H,5-12H2,1-4H3,(H2,15,16,17);1H. The van der Waals surface area contributed by atoms with E-state index in [0.29, 0.717) is 19.8 Å². The second kappa shape index (κ2) is 17.0. The van der Waals surface area contributed by atoms with Crippen LogP contribution in [0, 0.1) is 5.92 Å². The molecule has 0 rings (SSSR count). The van der Waals surface area contributed by atoms with Gasteiger partial charge in [-0.3, -0.25) is 4.99 Å². The Bertz CT molecular complexity index is 226. The predicted octanol–water partition coefficient (Wildman–Crippen LogP) is 2.26. The van der Waals surface area contributed by atoms with Crippen LogP contribution >= 0.6 is 24.0 Å². The molecule has 5 nitrogen and oxygen atoms in total. The number of aliphatic imine (C=N–C) groups is 1. The summed E-state index contributed by atoms with van der Waals surface area (Å²) >= 11 is 0. The van der Waals surface area contributed by atoms with Gasteiger partial charge in [0.05, 0.1) is 19.8 Å². The van der Waals surface area contributed by atoms with Crippen LogP contribution in [0.15, 0.2) is 4.99 Å². The molecule has 6 heteroatoms. The molecule has 0 fully saturated rings. The van der Waals surface area contributed by atoms with Gasteiger partial charge < -0.3 is 20.1 Å². The van der Waals surface area contributed by atoms with Crippen molar-refractivity contribution in [1.29, 1.82) is 0 Å². The number of guanidine groups is 1. The molecule has 0 saturated carbocycles. The lowest BCUT2D eigenvalue weighted by atomic mass is 10.1. The second-order valence-electron chi connectivity index (χ2n) is 4.83. The molecule has 0 aliphatic carbocycles. The maximum Gasteiger partial charge on any atom is 0.191 e. The highest BCUT2D eigenvalue weighted by Crippen LogP contribution is 2.02. The molecule has 20 heavy (non-hydrogen) atoms. The molecule has 0 atom stereocenters. The Morgan fingerprint density at radius 2 is 1.90 bits per heavy atom. The number of halogens is 1. The number of hydrogen-bond donors (Lipinski definition) is 2. The summed E-state index contributed by atoms with van der Waals surface area (Å²) in [6.45, 7) is 11.0. The molecule has 0 aliphatic heterocycles. The third kappa shape index (κ3) is 16.0. The van der Waals surface area contributed by atoms with Crippen LogP contribution in [0.25, 0.3) is 0 Å². The van der Waals surface area contributed by atoms with Crippen molar-refractivity contribution in [1.82, 2.24) is 10.6 Å². The minimum atomic E-state index is 0. The molecule has 0 bridgehead atoms. The normalized spacial score (nSPS) is 11.3. The Morgan fingerprint density at radius 3 is 2.50 bits per heavy atom. The molecular formula is C14H32IN3O2. The molecule has 0 aromatic heterocycles. The van der Waals surface area contributed by atoms with Gasteiger partial charge in [-0.05, 0) is 25.7 Å². The van der Waals surface area contributed by atoms with Crippen molar-refractivity contribution in [3.8, 4) is 0 Å².